The normalized spacial score (nSPS) is 11.1. The zero-order chi connectivity index (χ0) is 24.1. The van der Waals surface area contributed by atoms with Crippen LogP contribution in [0.1, 0.15) is 36.5 Å². The zero-order valence-electron chi connectivity index (χ0n) is 19.3. The van der Waals surface area contributed by atoms with Gasteiger partial charge in [-0.1, -0.05) is 0 Å². The average Bonchev–Trinajstić information content (AvgIpc) is 3.35. The molecule has 2 N–H and O–H groups in total. The molecule has 2 aromatic carbocycles. The van der Waals surface area contributed by atoms with Crippen molar-refractivity contribution < 1.29 is 18.7 Å². The number of halogens is 1. The number of nitrogens with zero attached hydrogens (tertiary/aromatic N) is 3. The molecule has 34 heavy (non-hydrogen) atoms. The SMILES string of the molecule is COc1ccc(F)c(-c2nc3cc(C(=O)NCCCc4ncc[nH]4)ccc3nc2OC(C)C)c1. The van der Waals surface area contributed by atoms with Gasteiger partial charge in [0.25, 0.3) is 5.91 Å². The predicted octanol–water partition coefficient (Wildman–Crippen LogP) is 4.32. The van der Waals surface area contributed by atoms with Crippen LogP contribution >= 0.6 is 0 Å². The van der Waals surface area contributed by atoms with Crippen LogP contribution in [0.3, 0.4) is 0 Å². The summed E-state index contributed by atoms with van der Waals surface area (Å²) in [6.07, 6.45) is 4.78. The number of rotatable bonds is 9. The summed E-state index contributed by atoms with van der Waals surface area (Å²) in [6.45, 7) is 4.22. The van der Waals surface area contributed by atoms with Gasteiger partial charge in [-0.05, 0) is 56.7 Å². The molecule has 0 bridgehead atoms. The first-order chi connectivity index (χ1) is 16.4. The van der Waals surface area contributed by atoms with Gasteiger partial charge in [0.2, 0.25) is 5.88 Å². The van der Waals surface area contributed by atoms with Gasteiger partial charge < -0.3 is 19.8 Å². The largest absolute Gasteiger partial charge is 0.497 e. The third-order valence-electron chi connectivity index (χ3n) is 5.10. The summed E-state index contributed by atoms with van der Waals surface area (Å²) in [5, 5.41) is 2.90. The molecule has 0 saturated heterocycles. The van der Waals surface area contributed by atoms with Crippen LogP contribution in [0, 0.1) is 5.82 Å². The highest BCUT2D eigenvalue weighted by Gasteiger charge is 2.19. The van der Waals surface area contributed by atoms with Crippen LogP contribution in [0.15, 0.2) is 48.8 Å². The molecular formula is C25H26FN5O3. The lowest BCUT2D eigenvalue weighted by Gasteiger charge is -2.15. The van der Waals surface area contributed by atoms with Gasteiger partial charge in [0, 0.05) is 36.5 Å². The van der Waals surface area contributed by atoms with Gasteiger partial charge >= 0.3 is 0 Å². The van der Waals surface area contributed by atoms with Gasteiger partial charge in [-0.25, -0.2) is 19.3 Å². The quantitative estimate of drug-likeness (QED) is 0.359. The number of nitrogens with one attached hydrogen (secondary N) is 2. The summed E-state index contributed by atoms with van der Waals surface area (Å²) >= 11 is 0. The van der Waals surface area contributed by atoms with E-state index in [1.165, 1.54) is 19.2 Å². The topological polar surface area (TPSA) is 102 Å². The van der Waals surface area contributed by atoms with E-state index in [4.69, 9.17) is 9.47 Å². The van der Waals surface area contributed by atoms with Gasteiger partial charge in [0.15, 0.2) is 0 Å². The van der Waals surface area contributed by atoms with Crippen LogP contribution in [0.4, 0.5) is 4.39 Å². The van der Waals surface area contributed by atoms with Crippen LogP contribution < -0.4 is 14.8 Å². The van der Waals surface area contributed by atoms with E-state index >= 15 is 0 Å². The molecule has 0 saturated carbocycles. The van der Waals surface area contributed by atoms with E-state index in [1.54, 1.807) is 36.7 Å². The fourth-order valence-corrected chi connectivity index (χ4v) is 3.47. The molecule has 176 valence electrons. The molecule has 0 unspecified atom stereocenters. The van der Waals surface area contributed by atoms with Gasteiger partial charge in [-0.2, -0.15) is 0 Å². The van der Waals surface area contributed by atoms with E-state index in [0.29, 0.717) is 28.9 Å². The maximum absolute atomic E-state index is 14.7. The molecule has 0 aliphatic rings. The standard InChI is InChI=1S/C25H26FN5O3/c1-15(2)34-25-23(18-14-17(33-3)7-8-19(18)26)30-21-13-16(6-9-20(21)31-25)24(32)29-10-4-5-22-27-11-12-28-22/h6-9,11-15H,4-5,10H2,1-3H3,(H,27,28)(H,29,32). The van der Waals surface area contributed by atoms with Crippen LogP contribution in [0.2, 0.25) is 0 Å². The number of aromatic nitrogens is 4. The van der Waals surface area contributed by atoms with Crippen molar-refractivity contribution in [2.75, 3.05) is 13.7 Å². The number of aryl methyl sites for hydroxylation is 1. The number of ether oxygens (including phenoxy) is 2. The molecule has 0 aliphatic carbocycles. The Balaban J connectivity index is 1.62. The first-order valence-corrected chi connectivity index (χ1v) is 11.0. The summed E-state index contributed by atoms with van der Waals surface area (Å²) in [4.78, 5) is 29.1. The van der Waals surface area contributed by atoms with E-state index in [1.807, 2.05) is 13.8 Å². The molecule has 0 fully saturated rings. The zero-order valence-corrected chi connectivity index (χ0v) is 19.3. The molecule has 8 nitrogen and oxygen atoms in total. The monoisotopic (exact) mass is 463 g/mol. The maximum Gasteiger partial charge on any atom is 0.251 e. The number of carbonyl (C=O) groups is 1. The summed E-state index contributed by atoms with van der Waals surface area (Å²) in [6, 6.07) is 9.43. The van der Waals surface area contributed by atoms with Crippen LogP contribution in [0.25, 0.3) is 22.3 Å². The van der Waals surface area contributed by atoms with Crippen molar-refractivity contribution in [2.45, 2.75) is 32.8 Å². The van der Waals surface area contributed by atoms with Gasteiger partial charge in [-0.15, -0.1) is 0 Å². The first kappa shape index (κ1) is 23.2. The molecule has 9 heteroatoms. The van der Waals surface area contributed by atoms with Crippen molar-refractivity contribution in [1.82, 2.24) is 25.3 Å². The van der Waals surface area contributed by atoms with E-state index in [9.17, 15) is 9.18 Å². The molecule has 0 spiro atoms. The molecule has 2 heterocycles. The van der Waals surface area contributed by atoms with Crippen molar-refractivity contribution in [3.8, 4) is 22.9 Å². The highest BCUT2D eigenvalue weighted by atomic mass is 19.1. The maximum atomic E-state index is 14.7. The highest BCUT2D eigenvalue weighted by molar-refractivity contribution is 5.97. The number of fused-ring (bicyclic) bond motifs is 1. The number of aromatic amines is 1. The average molecular weight is 464 g/mol. The molecular weight excluding hydrogens is 437 g/mol. The van der Waals surface area contributed by atoms with Crippen molar-refractivity contribution in [3.63, 3.8) is 0 Å². The Kier molecular flexibility index (Phi) is 7.01. The number of amides is 1. The van der Waals surface area contributed by atoms with Crippen molar-refractivity contribution in [3.05, 3.63) is 66.0 Å². The molecule has 4 rings (SSSR count). The molecule has 1 amide bonds. The number of H-pyrrole nitrogens is 1. The van der Waals surface area contributed by atoms with E-state index in [-0.39, 0.29) is 29.1 Å². The van der Waals surface area contributed by atoms with Crippen LogP contribution in [-0.2, 0) is 6.42 Å². The Bertz CT molecular complexity index is 1290. The number of benzene rings is 2. The minimum Gasteiger partial charge on any atom is -0.497 e. The molecule has 0 radical (unpaired) electrons. The molecule has 2 aromatic heterocycles. The second kappa shape index (κ2) is 10.3. The molecule has 0 atom stereocenters. The third-order valence-corrected chi connectivity index (χ3v) is 5.10. The van der Waals surface area contributed by atoms with Crippen LogP contribution in [-0.4, -0.2) is 45.6 Å². The summed E-state index contributed by atoms with van der Waals surface area (Å²) < 4.78 is 25.8. The Morgan fingerprint density at radius 1 is 1.15 bits per heavy atom. The fraction of sp³-hybridized carbons (Fsp3) is 0.280. The summed E-state index contributed by atoms with van der Waals surface area (Å²) in [7, 11) is 1.51. The molecule has 0 aliphatic heterocycles. The fourth-order valence-electron chi connectivity index (χ4n) is 3.47. The Morgan fingerprint density at radius 2 is 2.00 bits per heavy atom. The van der Waals surface area contributed by atoms with Crippen molar-refractivity contribution in [1.29, 1.82) is 0 Å². The number of imidazole rings is 1. The van der Waals surface area contributed by atoms with Crippen molar-refractivity contribution in [2.24, 2.45) is 0 Å². The van der Waals surface area contributed by atoms with E-state index in [2.05, 4.69) is 25.3 Å². The lowest BCUT2D eigenvalue weighted by atomic mass is 10.1. The first-order valence-electron chi connectivity index (χ1n) is 11.0. The second-order valence-corrected chi connectivity index (χ2v) is 7.99. The third kappa shape index (κ3) is 5.31. The lowest BCUT2D eigenvalue weighted by Crippen LogP contribution is -2.24. The number of methoxy groups -OCH3 is 1. The number of carbonyl (C=O) groups excluding carboxylic acids is 1. The lowest BCUT2D eigenvalue weighted by molar-refractivity contribution is 0.0953. The Morgan fingerprint density at radius 3 is 2.74 bits per heavy atom. The van der Waals surface area contributed by atoms with Gasteiger partial charge in [-0.3, -0.25) is 4.79 Å². The Labute approximate surface area is 196 Å². The van der Waals surface area contributed by atoms with E-state index in [0.717, 1.165) is 18.7 Å². The van der Waals surface area contributed by atoms with Gasteiger partial charge in [0.1, 0.15) is 23.1 Å². The smallest absolute Gasteiger partial charge is 0.251 e. The summed E-state index contributed by atoms with van der Waals surface area (Å²) in [5.74, 6) is 0.876. The van der Waals surface area contributed by atoms with Crippen molar-refractivity contribution >= 4 is 16.9 Å². The number of hydrogen-bond acceptors (Lipinski definition) is 6. The number of hydrogen-bond donors (Lipinski definition) is 2. The minimum atomic E-state index is -0.478. The second-order valence-electron chi connectivity index (χ2n) is 7.99. The van der Waals surface area contributed by atoms with Crippen LogP contribution in [0.5, 0.6) is 11.6 Å². The summed E-state index contributed by atoms with van der Waals surface area (Å²) in [5.41, 5.74) is 1.88. The molecule has 4 aromatic rings. The van der Waals surface area contributed by atoms with Gasteiger partial charge in [0.05, 0.1) is 24.2 Å². The predicted molar refractivity (Wildman–Crippen MR) is 126 cm³/mol. The Hall–Kier alpha value is -4.01. The minimum absolute atomic E-state index is 0.189. The van der Waals surface area contributed by atoms with E-state index < -0.39 is 5.82 Å². The highest BCUT2D eigenvalue weighted by Crippen LogP contribution is 2.33.